The van der Waals surface area contributed by atoms with Gasteiger partial charge < -0.3 is 14.2 Å². The molecule has 0 aliphatic heterocycles. The van der Waals surface area contributed by atoms with Crippen molar-refractivity contribution in [2.45, 2.75) is 375 Å². The lowest BCUT2D eigenvalue weighted by Gasteiger charge is -2.18. The number of carbonyl (C=O) groups is 3. The second-order valence-electron chi connectivity index (χ2n) is 23.4. The number of hydrogen-bond acceptors (Lipinski definition) is 6. The topological polar surface area (TPSA) is 78.9 Å². The number of unbranched alkanes of at least 4 members (excludes halogenated alkanes) is 44. The molecule has 0 spiro atoms. The molecule has 0 rings (SSSR count). The fourth-order valence-electron chi connectivity index (χ4n) is 10.1. The molecule has 0 unspecified atom stereocenters. The number of hydrogen-bond donors (Lipinski definition) is 0. The van der Waals surface area contributed by atoms with Crippen LogP contribution in [0.3, 0.4) is 0 Å². The van der Waals surface area contributed by atoms with Crippen LogP contribution in [0.2, 0.25) is 0 Å². The molecule has 0 saturated carbocycles. The molecule has 0 fully saturated rings. The zero-order valence-corrected chi connectivity index (χ0v) is 48.9. The second-order valence-corrected chi connectivity index (χ2v) is 23.4. The summed E-state index contributed by atoms with van der Waals surface area (Å²) < 4.78 is 17.0. The van der Waals surface area contributed by atoms with Crippen molar-refractivity contribution in [3.05, 3.63) is 0 Å². The van der Waals surface area contributed by atoms with E-state index in [0.717, 1.165) is 69.6 Å². The summed E-state index contributed by atoms with van der Waals surface area (Å²) in [5, 5.41) is 0. The average Bonchev–Trinajstić information content (AvgIpc) is 3.35. The highest BCUT2D eigenvalue weighted by Crippen LogP contribution is 2.19. The molecule has 0 aromatic rings. The highest BCUT2D eigenvalue weighted by molar-refractivity contribution is 5.71. The van der Waals surface area contributed by atoms with Crippen molar-refractivity contribution >= 4 is 17.9 Å². The van der Waals surface area contributed by atoms with Crippen LogP contribution in [0.15, 0.2) is 0 Å². The van der Waals surface area contributed by atoms with Crippen molar-refractivity contribution in [2.75, 3.05) is 13.2 Å². The van der Waals surface area contributed by atoms with Crippen LogP contribution < -0.4 is 0 Å². The summed E-state index contributed by atoms with van der Waals surface area (Å²) in [5.74, 6) is 0.854. The smallest absolute Gasteiger partial charge is 0.306 e. The van der Waals surface area contributed by atoms with Gasteiger partial charge in [-0.2, -0.15) is 0 Å². The van der Waals surface area contributed by atoms with Gasteiger partial charge in [-0.1, -0.05) is 330 Å². The van der Waals surface area contributed by atoms with E-state index < -0.39 is 6.10 Å². The first-order chi connectivity index (χ1) is 34.7. The van der Waals surface area contributed by atoms with Crippen LogP contribution in [0.5, 0.6) is 0 Å². The molecule has 0 heterocycles. The Hall–Kier alpha value is -1.59. The third-order valence-corrected chi connectivity index (χ3v) is 15.0. The molecular weight excluding hydrogens is 877 g/mol. The van der Waals surface area contributed by atoms with E-state index in [2.05, 4.69) is 34.6 Å². The third-order valence-electron chi connectivity index (χ3n) is 15.0. The summed E-state index contributed by atoms with van der Waals surface area (Å²) in [7, 11) is 0. The van der Waals surface area contributed by atoms with E-state index in [1.54, 1.807) is 0 Å². The van der Waals surface area contributed by atoms with Gasteiger partial charge in [-0.05, 0) is 31.1 Å². The normalized spacial score (nSPS) is 12.0. The van der Waals surface area contributed by atoms with E-state index in [0.29, 0.717) is 19.3 Å². The zero-order valence-electron chi connectivity index (χ0n) is 48.9. The van der Waals surface area contributed by atoms with Crippen LogP contribution >= 0.6 is 0 Å². The minimum absolute atomic E-state index is 0.0619. The van der Waals surface area contributed by atoms with Crippen LogP contribution in [0.4, 0.5) is 0 Å². The van der Waals surface area contributed by atoms with Gasteiger partial charge in [-0.15, -0.1) is 0 Å². The molecule has 0 radical (unpaired) electrons. The van der Waals surface area contributed by atoms with Crippen molar-refractivity contribution in [3.63, 3.8) is 0 Å². The highest BCUT2D eigenvalue weighted by Gasteiger charge is 2.19. The maximum absolute atomic E-state index is 12.9. The van der Waals surface area contributed by atoms with E-state index >= 15 is 0 Å². The van der Waals surface area contributed by atoms with Gasteiger partial charge in [0.2, 0.25) is 0 Å². The van der Waals surface area contributed by atoms with Gasteiger partial charge in [0.05, 0.1) is 0 Å². The Kier molecular flexibility index (Phi) is 56.4. The van der Waals surface area contributed by atoms with Gasteiger partial charge >= 0.3 is 17.9 Å². The molecule has 422 valence electrons. The molecule has 0 aromatic carbocycles. The van der Waals surface area contributed by atoms with E-state index in [9.17, 15) is 14.4 Å². The Balaban J connectivity index is 4.26. The molecule has 0 aromatic heterocycles. The minimum atomic E-state index is -0.764. The van der Waals surface area contributed by atoms with Gasteiger partial charge in [-0.3, -0.25) is 14.4 Å². The lowest BCUT2D eigenvalue weighted by atomic mass is 10.0. The zero-order chi connectivity index (χ0) is 51.8. The van der Waals surface area contributed by atoms with Gasteiger partial charge in [0.15, 0.2) is 6.10 Å². The standard InChI is InChI=1S/C65H126O6/c1-6-7-8-9-10-11-12-13-14-15-19-23-26-31-37-42-47-52-57-65(68)71-62(59-70-64(67)56-51-46-41-36-32-27-29-34-39-44-49-54-61(4)5)58-69-63(66)55-50-45-40-35-30-25-22-20-17-16-18-21-24-28-33-38-43-48-53-60(2)3/h60-62H,6-59H2,1-5H3/t62-/m1/s1. The molecule has 0 aliphatic carbocycles. The first-order valence-electron chi connectivity index (χ1n) is 32.2. The van der Waals surface area contributed by atoms with Crippen LogP contribution in [0.1, 0.15) is 369 Å². The molecule has 1 atom stereocenters. The molecule has 0 amide bonds. The Bertz CT molecular complexity index is 1090. The molecular formula is C65H126O6. The van der Waals surface area contributed by atoms with Crippen molar-refractivity contribution in [1.29, 1.82) is 0 Å². The second kappa shape index (κ2) is 57.7. The monoisotopic (exact) mass is 1000 g/mol. The van der Waals surface area contributed by atoms with Crippen molar-refractivity contribution in [1.82, 2.24) is 0 Å². The highest BCUT2D eigenvalue weighted by atomic mass is 16.6. The SMILES string of the molecule is CCCCCCCCCCCCCCCCCCCCC(=O)O[C@H](COC(=O)CCCCCCCCCCCCCCCCCCCCC(C)C)COC(=O)CCCCCCCCCCCCCC(C)C. The Morgan fingerprint density at radius 3 is 0.690 bits per heavy atom. The number of ether oxygens (including phenoxy) is 3. The van der Waals surface area contributed by atoms with Gasteiger partial charge in [-0.25, -0.2) is 0 Å². The molecule has 6 heteroatoms. The Labute approximate surface area is 444 Å². The van der Waals surface area contributed by atoms with Crippen LogP contribution in [0, 0.1) is 11.8 Å². The predicted octanol–water partition coefficient (Wildman–Crippen LogP) is 21.6. The van der Waals surface area contributed by atoms with Crippen LogP contribution in [-0.4, -0.2) is 37.2 Å². The van der Waals surface area contributed by atoms with E-state index in [1.165, 1.54) is 257 Å². The van der Waals surface area contributed by atoms with Crippen molar-refractivity contribution < 1.29 is 28.6 Å². The van der Waals surface area contributed by atoms with E-state index in [4.69, 9.17) is 14.2 Å². The lowest BCUT2D eigenvalue weighted by Crippen LogP contribution is -2.30. The molecule has 0 N–H and O–H groups in total. The van der Waals surface area contributed by atoms with Gasteiger partial charge in [0, 0.05) is 19.3 Å². The molecule has 0 bridgehead atoms. The minimum Gasteiger partial charge on any atom is -0.462 e. The Morgan fingerprint density at radius 2 is 0.465 bits per heavy atom. The summed E-state index contributed by atoms with van der Waals surface area (Å²) in [4.78, 5) is 38.3. The summed E-state index contributed by atoms with van der Waals surface area (Å²) in [5.41, 5.74) is 0. The number of esters is 3. The molecule has 71 heavy (non-hydrogen) atoms. The average molecular weight is 1000 g/mol. The van der Waals surface area contributed by atoms with Crippen LogP contribution in [-0.2, 0) is 28.6 Å². The summed E-state index contributed by atoms with van der Waals surface area (Å²) in [6.45, 7) is 11.4. The maximum atomic E-state index is 12.9. The molecule has 6 nitrogen and oxygen atoms in total. The summed E-state index contributed by atoms with van der Waals surface area (Å²) in [6, 6.07) is 0. The molecule has 0 aliphatic rings. The van der Waals surface area contributed by atoms with Gasteiger partial charge in [0.1, 0.15) is 13.2 Å². The van der Waals surface area contributed by atoms with E-state index in [1.807, 2.05) is 0 Å². The maximum Gasteiger partial charge on any atom is 0.306 e. The third kappa shape index (κ3) is 59.2. The first kappa shape index (κ1) is 69.4. The first-order valence-corrected chi connectivity index (χ1v) is 32.2. The predicted molar refractivity (Wildman–Crippen MR) is 307 cm³/mol. The molecule has 0 saturated heterocycles. The lowest BCUT2D eigenvalue weighted by molar-refractivity contribution is -0.167. The van der Waals surface area contributed by atoms with Gasteiger partial charge in [0.25, 0.3) is 0 Å². The fraction of sp³-hybridized carbons (Fsp3) is 0.954. The van der Waals surface area contributed by atoms with E-state index in [-0.39, 0.29) is 31.1 Å². The fourth-order valence-corrected chi connectivity index (χ4v) is 10.1. The summed E-state index contributed by atoms with van der Waals surface area (Å²) in [6.07, 6.45) is 63.9. The Morgan fingerprint density at radius 1 is 0.268 bits per heavy atom. The van der Waals surface area contributed by atoms with Crippen molar-refractivity contribution in [2.24, 2.45) is 11.8 Å². The summed E-state index contributed by atoms with van der Waals surface area (Å²) >= 11 is 0. The van der Waals surface area contributed by atoms with Crippen molar-refractivity contribution in [3.8, 4) is 0 Å². The quantitative estimate of drug-likeness (QED) is 0.0343. The van der Waals surface area contributed by atoms with Crippen LogP contribution in [0.25, 0.3) is 0 Å². The number of carbonyl (C=O) groups excluding carboxylic acids is 3. The number of rotatable bonds is 59. The largest absolute Gasteiger partial charge is 0.462 e.